The van der Waals surface area contributed by atoms with E-state index < -0.39 is 0 Å². The van der Waals surface area contributed by atoms with Crippen molar-refractivity contribution in [2.45, 2.75) is 20.1 Å². The maximum Gasteiger partial charge on any atom is 0.147 e. The smallest absolute Gasteiger partial charge is 0.147 e. The van der Waals surface area contributed by atoms with E-state index in [0.29, 0.717) is 18.1 Å². The lowest BCUT2D eigenvalue weighted by Gasteiger charge is -2.16. The second-order valence-corrected chi connectivity index (χ2v) is 3.90. The molecule has 0 amide bonds. The van der Waals surface area contributed by atoms with Gasteiger partial charge in [0.15, 0.2) is 0 Å². The van der Waals surface area contributed by atoms with Crippen molar-refractivity contribution in [1.82, 2.24) is 9.97 Å². The van der Waals surface area contributed by atoms with Crippen molar-refractivity contribution in [2.75, 3.05) is 11.9 Å². The number of aryl methyl sites for hydroxylation is 1. The lowest BCUT2D eigenvalue weighted by atomic mass is 10.4. The third kappa shape index (κ3) is 2.82. The number of rotatable bonds is 4. The summed E-state index contributed by atoms with van der Waals surface area (Å²) in [4.78, 5) is 10.2. The van der Waals surface area contributed by atoms with E-state index in [-0.39, 0.29) is 6.61 Å². The Morgan fingerprint density at radius 3 is 2.82 bits per heavy atom. The lowest BCUT2D eigenvalue weighted by molar-refractivity contribution is 0.276. The predicted octanol–water partition coefficient (Wildman–Crippen LogP) is 1.51. The highest BCUT2D eigenvalue weighted by Gasteiger charge is 2.07. The van der Waals surface area contributed by atoms with E-state index in [1.54, 1.807) is 12.4 Å². The first kappa shape index (κ1) is 11.6. The molecule has 2 rings (SSSR count). The Kier molecular flexibility index (Phi) is 3.39. The van der Waals surface area contributed by atoms with Crippen LogP contribution in [0.3, 0.4) is 0 Å². The number of hydrogen-bond donors (Lipinski definition) is 1. The van der Waals surface area contributed by atoms with Gasteiger partial charge in [0.2, 0.25) is 0 Å². The van der Waals surface area contributed by atoms with Gasteiger partial charge < -0.3 is 14.4 Å². The molecule has 5 heteroatoms. The molecule has 0 aliphatic rings. The molecule has 2 aromatic rings. The third-order valence-electron chi connectivity index (χ3n) is 2.41. The number of aliphatic hydroxyl groups is 1. The zero-order valence-corrected chi connectivity index (χ0v) is 9.92. The van der Waals surface area contributed by atoms with Gasteiger partial charge in [0.25, 0.3) is 0 Å². The Hall–Kier alpha value is -1.88. The van der Waals surface area contributed by atoms with Gasteiger partial charge in [0.1, 0.15) is 17.3 Å². The molecular formula is C12H15N3O2. The first-order valence-corrected chi connectivity index (χ1v) is 5.37. The van der Waals surface area contributed by atoms with Gasteiger partial charge in [-0.2, -0.15) is 0 Å². The SMILES string of the molecule is Cc1ccc(CN(C)c2cncc(CO)n2)o1. The molecule has 0 fully saturated rings. The molecule has 0 saturated heterocycles. The summed E-state index contributed by atoms with van der Waals surface area (Å²) < 4.78 is 5.49. The molecule has 0 aromatic carbocycles. The topological polar surface area (TPSA) is 62.4 Å². The van der Waals surface area contributed by atoms with Crippen LogP contribution in [0.1, 0.15) is 17.2 Å². The molecule has 0 spiro atoms. The molecule has 2 heterocycles. The quantitative estimate of drug-likeness (QED) is 0.867. The molecule has 5 nitrogen and oxygen atoms in total. The normalized spacial score (nSPS) is 10.5. The number of aliphatic hydroxyl groups excluding tert-OH is 1. The van der Waals surface area contributed by atoms with E-state index in [9.17, 15) is 0 Å². The van der Waals surface area contributed by atoms with Crippen LogP contribution in [0.4, 0.5) is 5.82 Å². The summed E-state index contributed by atoms with van der Waals surface area (Å²) in [6.07, 6.45) is 3.21. The highest BCUT2D eigenvalue weighted by Crippen LogP contribution is 2.14. The number of furan rings is 1. The molecule has 90 valence electrons. The molecule has 0 aliphatic heterocycles. The lowest BCUT2D eigenvalue weighted by Crippen LogP contribution is -2.18. The molecule has 0 unspecified atom stereocenters. The molecule has 0 aliphatic carbocycles. The van der Waals surface area contributed by atoms with Crippen molar-refractivity contribution in [2.24, 2.45) is 0 Å². The van der Waals surface area contributed by atoms with Crippen molar-refractivity contribution in [3.63, 3.8) is 0 Å². The van der Waals surface area contributed by atoms with Crippen LogP contribution in [0, 0.1) is 6.92 Å². The van der Waals surface area contributed by atoms with Gasteiger partial charge in [-0.3, -0.25) is 4.98 Å². The van der Waals surface area contributed by atoms with E-state index in [2.05, 4.69) is 9.97 Å². The van der Waals surface area contributed by atoms with Gasteiger partial charge in [-0.15, -0.1) is 0 Å². The summed E-state index contributed by atoms with van der Waals surface area (Å²) in [7, 11) is 1.91. The molecule has 17 heavy (non-hydrogen) atoms. The van der Waals surface area contributed by atoms with Crippen LogP contribution < -0.4 is 4.90 Å². The van der Waals surface area contributed by atoms with Gasteiger partial charge in [-0.25, -0.2) is 4.98 Å². The minimum atomic E-state index is -0.103. The van der Waals surface area contributed by atoms with Gasteiger partial charge >= 0.3 is 0 Å². The van der Waals surface area contributed by atoms with Crippen LogP contribution in [-0.2, 0) is 13.2 Å². The summed E-state index contributed by atoms with van der Waals surface area (Å²) in [6, 6.07) is 3.87. The van der Waals surface area contributed by atoms with E-state index in [4.69, 9.17) is 9.52 Å². The van der Waals surface area contributed by atoms with Crippen LogP contribution >= 0.6 is 0 Å². The average molecular weight is 233 g/mol. The average Bonchev–Trinajstić information content (AvgIpc) is 2.75. The summed E-state index contributed by atoms with van der Waals surface area (Å²) in [5.41, 5.74) is 0.560. The third-order valence-corrected chi connectivity index (χ3v) is 2.41. The van der Waals surface area contributed by atoms with Crippen LogP contribution in [0.2, 0.25) is 0 Å². The second-order valence-electron chi connectivity index (χ2n) is 3.90. The fraction of sp³-hybridized carbons (Fsp3) is 0.333. The highest BCUT2D eigenvalue weighted by molar-refractivity contribution is 5.35. The number of aromatic nitrogens is 2. The summed E-state index contributed by atoms with van der Waals surface area (Å²) in [5.74, 6) is 2.48. The maximum absolute atomic E-state index is 9.00. The van der Waals surface area contributed by atoms with Crippen molar-refractivity contribution in [3.05, 3.63) is 41.7 Å². The van der Waals surface area contributed by atoms with Crippen molar-refractivity contribution in [3.8, 4) is 0 Å². The molecule has 1 N–H and O–H groups in total. The molecule has 0 atom stereocenters. The fourth-order valence-corrected chi connectivity index (χ4v) is 1.54. The van der Waals surface area contributed by atoms with E-state index in [1.165, 1.54) is 0 Å². The predicted molar refractivity (Wildman–Crippen MR) is 63.5 cm³/mol. The minimum Gasteiger partial charge on any atom is -0.464 e. The highest BCUT2D eigenvalue weighted by atomic mass is 16.3. The molecule has 0 radical (unpaired) electrons. The fourth-order valence-electron chi connectivity index (χ4n) is 1.54. The molecule has 0 bridgehead atoms. The largest absolute Gasteiger partial charge is 0.464 e. The van der Waals surface area contributed by atoms with Crippen LogP contribution in [-0.4, -0.2) is 22.1 Å². The zero-order chi connectivity index (χ0) is 12.3. The van der Waals surface area contributed by atoms with Gasteiger partial charge in [0, 0.05) is 7.05 Å². The van der Waals surface area contributed by atoms with Crippen LogP contribution in [0.5, 0.6) is 0 Å². The van der Waals surface area contributed by atoms with E-state index in [0.717, 1.165) is 11.5 Å². The second kappa shape index (κ2) is 4.97. The number of anilines is 1. The first-order chi connectivity index (χ1) is 8.19. The minimum absolute atomic E-state index is 0.103. The van der Waals surface area contributed by atoms with Gasteiger partial charge in [-0.1, -0.05) is 0 Å². The van der Waals surface area contributed by atoms with Gasteiger partial charge in [-0.05, 0) is 19.1 Å². The van der Waals surface area contributed by atoms with Crippen LogP contribution in [0.15, 0.2) is 28.9 Å². The Balaban J connectivity index is 2.11. The van der Waals surface area contributed by atoms with Crippen molar-refractivity contribution >= 4 is 5.82 Å². The van der Waals surface area contributed by atoms with Crippen molar-refractivity contribution < 1.29 is 9.52 Å². The Morgan fingerprint density at radius 2 is 2.18 bits per heavy atom. The molecule has 0 saturated carbocycles. The van der Waals surface area contributed by atoms with Gasteiger partial charge in [0.05, 0.1) is 31.2 Å². The Morgan fingerprint density at radius 1 is 1.35 bits per heavy atom. The summed E-state index contributed by atoms with van der Waals surface area (Å²) in [5, 5.41) is 9.00. The number of nitrogens with zero attached hydrogens (tertiary/aromatic N) is 3. The Labute approximate surface area is 99.7 Å². The number of hydrogen-bond acceptors (Lipinski definition) is 5. The summed E-state index contributed by atoms with van der Waals surface area (Å²) in [6.45, 7) is 2.43. The standard InChI is InChI=1S/C12H15N3O2/c1-9-3-4-11(17-9)7-15(2)12-6-13-5-10(8-16)14-12/h3-6,16H,7-8H2,1-2H3. The van der Waals surface area contributed by atoms with Crippen molar-refractivity contribution in [1.29, 1.82) is 0 Å². The van der Waals surface area contributed by atoms with E-state index in [1.807, 2.05) is 31.0 Å². The van der Waals surface area contributed by atoms with Crippen LogP contribution in [0.25, 0.3) is 0 Å². The first-order valence-electron chi connectivity index (χ1n) is 5.37. The molecular weight excluding hydrogens is 218 g/mol. The maximum atomic E-state index is 9.00. The molecule has 2 aromatic heterocycles. The monoisotopic (exact) mass is 233 g/mol. The van der Waals surface area contributed by atoms with E-state index >= 15 is 0 Å². The Bertz CT molecular complexity index is 496. The zero-order valence-electron chi connectivity index (χ0n) is 9.92. The summed E-state index contributed by atoms with van der Waals surface area (Å²) >= 11 is 0.